The average Bonchev–Trinajstić information content (AvgIpc) is 2.87. The van der Waals surface area contributed by atoms with Gasteiger partial charge in [-0.1, -0.05) is 29.8 Å². The number of carbonyl (C=O) groups excluding carboxylic acids is 1. The number of hydrogen-bond donors (Lipinski definition) is 1. The largest absolute Gasteiger partial charge is 0.381 e. The number of aryl methyl sites for hydroxylation is 1. The summed E-state index contributed by atoms with van der Waals surface area (Å²) in [6.07, 6.45) is 1.76. The van der Waals surface area contributed by atoms with Crippen molar-refractivity contribution in [2.75, 3.05) is 24.7 Å². The van der Waals surface area contributed by atoms with Crippen molar-refractivity contribution in [3.8, 4) is 0 Å². The number of amides is 1. The van der Waals surface area contributed by atoms with Gasteiger partial charge in [-0.05, 0) is 31.7 Å². The predicted octanol–water partition coefficient (Wildman–Crippen LogP) is 1.35. The summed E-state index contributed by atoms with van der Waals surface area (Å²) in [7, 11) is -3.00. The fourth-order valence-corrected chi connectivity index (χ4v) is 5.15. The second kappa shape index (κ2) is 6.24. The first-order valence-corrected chi connectivity index (χ1v) is 9.90. The number of hydrogen-bond acceptors (Lipinski definition) is 4. The van der Waals surface area contributed by atoms with Crippen molar-refractivity contribution in [2.45, 2.75) is 37.6 Å². The first-order chi connectivity index (χ1) is 10.9. The molecular weight excluding hydrogens is 314 g/mol. The highest BCUT2D eigenvalue weighted by Gasteiger charge is 2.43. The molecule has 6 heteroatoms. The topological polar surface area (TPSA) is 72.5 Å². The normalized spacial score (nSPS) is 25.9. The van der Waals surface area contributed by atoms with Crippen LogP contribution in [0.25, 0.3) is 0 Å². The van der Waals surface area contributed by atoms with Gasteiger partial charge in [-0.25, -0.2) is 8.42 Å². The number of ether oxygens (including phenoxy) is 1. The lowest BCUT2D eigenvalue weighted by atomic mass is 9.73. The number of sulfone groups is 1. The molecule has 1 atom stereocenters. The molecule has 3 rings (SSSR count). The molecule has 2 aliphatic rings. The second-order valence-corrected chi connectivity index (χ2v) is 8.86. The van der Waals surface area contributed by atoms with Gasteiger partial charge in [0.25, 0.3) is 0 Å². The predicted molar refractivity (Wildman–Crippen MR) is 88.1 cm³/mol. The summed E-state index contributed by atoms with van der Waals surface area (Å²) in [5.41, 5.74) is 1.53. The van der Waals surface area contributed by atoms with Gasteiger partial charge in [0.2, 0.25) is 5.91 Å². The van der Waals surface area contributed by atoms with E-state index >= 15 is 0 Å². The zero-order chi connectivity index (χ0) is 16.5. The highest BCUT2D eigenvalue weighted by Crippen LogP contribution is 2.35. The van der Waals surface area contributed by atoms with Crippen LogP contribution >= 0.6 is 0 Å². The Morgan fingerprint density at radius 3 is 2.43 bits per heavy atom. The van der Waals surface area contributed by atoms with Crippen molar-refractivity contribution >= 4 is 15.7 Å². The monoisotopic (exact) mass is 337 g/mol. The van der Waals surface area contributed by atoms with E-state index in [-0.39, 0.29) is 23.5 Å². The summed E-state index contributed by atoms with van der Waals surface area (Å²) < 4.78 is 28.7. The third-order valence-corrected chi connectivity index (χ3v) is 6.72. The number of carbonyl (C=O) groups is 1. The molecule has 126 valence electrons. The average molecular weight is 337 g/mol. The van der Waals surface area contributed by atoms with Crippen LogP contribution in [0.2, 0.25) is 0 Å². The number of rotatable bonds is 3. The highest BCUT2D eigenvalue weighted by molar-refractivity contribution is 7.91. The second-order valence-electron chi connectivity index (χ2n) is 6.63. The Kier molecular flexibility index (Phi) is 4.47. The van der Waals surface area contributed by atoms with Crippen LogP contribution in [0, 0.1) is 6.92 Å². The number of nitrogens with one attached hydrogen (secondary N) is 1. The molecule has 1 aromatic carbocycles. The molecule has 2 aliphatic heterocycles. The number of benzene rings is 1. The minimum atomic E-state index is -3.00. The molecule has 2 heterocycles. The van der Waals surface area contributed by atoms with Crippen molar-refractivity contribution in [3.05, 3.63) is 35.4 Å². The molecule has 1 aromatic rings. The molecule has 0 bridgehead atoms. The Hall–Kier alpha value is -1.40. The van der Waals surface area contributed by atoms with E-state index in [9.17, 15) is 13.2 Å². The maximum Gasteiger partial charge on any atom is 0.231 e. The molecule has 1 unspecified atom stereocenters. The Balaban J connectivity index is 1.84. The summed E-state index contributed by atoms with van der Waals surface area (Å²) in [6.45, 7) is 3.11. The minimum Gasteiger partial charge on any atom is -0.381 e. The van der Waals surface area contributed by atoms with Gasteiger partial charge in [0.1, 0.15) is 0 Å². The minimum absolute atomic E-state index is 0.0548. The Bertz CT molecular complexity index is 675. The van der Waals surface area contributed by atoms with Crippen molar-refractivity contribution < 1.29 is 17.9 Å². The maximum absolute atomic E-state index is 13.0. The van der Waals surface area contributed by atoms with Gasteiger partial charge in [0, 0.05) is 19.3 Å². The van der Waals surface area contributed by atoms with Gasteiger partial charge in [0.05, 0.1) is 16.9 Å². The molecule has 0 spiro atoms. The summed E-state index contributed by atoms with van der Waals surface area (Å²) in [6, 6.07) is 7.77. The SMILES string of the molecule is Cc1ccc(C2(C(=O)NC3CCS(=O)(=O)C3)CCOCC2)cc1. The summed E-state index contributed by atoms with van der Waals surface area (Å²) in [4.78, 5) is 13.0. The Morgan fingerprint density at radius 2 is 1.87 bits per heavy atom. The lowest BCUT2D eigenvalue weighted by molar-refractivity contribution is -0.131. The van der Waals surface area contributed by atoms with Gasteiger partial charge < -0.3 is 10.1 Å². The van der Waals surface area contributed by atoms with Gasteiger partial charge >= 0.3 is 0 Å². The van der Waals surface area contributed by atoms with Gasteiger partial charge in [-0.2, -0.15) is 0 Å². The van der Waals surface area contributed by atoms with Crippen LogP contribution in [0.15, 0.2) is 24.3 Å². The van der Waals surface area contributed by atoms with Crippen molar-refractivity contribution in [3.63, 3.8) is 0 Å². The molecule has 2 fully saturated rings. The van der Waals surface area contributed by atoms with Crippen molar-refractivity contribution in [1.29, 1.82) is 0 Å². The molecule has 0 aromatic heterocycles. The van der Waals surface area contributed by atoms with E-state index < -0.39 is 15.3 Å². The van der Waals surface area contributed by atoms with Crippen LogP contribution in [0.3, 0.4) is 0 Å². The van der Waals surface area contributed by atoms with Crippen molar-refractivity contribution in [2.24, 2.45) is 0 Å². The fraction of sp³-hybridized carbons (Fsp3) is 0.588. The van der Waals surface area contributed by atoms with Crippen LogP contribution in [0.4, 0.5) is 0 Å². The van der Waals surface area contributed by atoms with E-state index in [0.717, 1.165) is 11.1 Å². The van der Waals surface area contributed by atoms with Gasteiger partial charge in [-0.15, -0.1) is 0 Å². The zero-order valence-corrected chi connectivity index (χ0v) is 14.2. The molecule has 1 amide bonds. The first-order valence-electron chi connectivity index (χ1n) is 8.08. The maximum atomic E-state index is 13.0. The van der Waals surface area contributed by atoms with E-state index in [4.69, 9.17) is 4.74 Å². The summed E-state index contributed by atoms with van der Waals surface area (Å²) in [5, 5.41) is 2.98. The van der Waals surface area contributed by atoms with E-state index in [1.807, 2.05) is 31.2 Å². The summed E-state index contributed by atoms with van der Waals surface area (Å²) in [5.74, 6) is 0.157. The smallest absolute Gasteiger partial charge is 0.231 e. The molecule has 0 saturated carbocycles. The Labute approximate surface area is 137 Å². The van der Waals surface area contributed by atoms with E-state index in [1.165, 1.54) is 0 Å². The molecular formula is C17H23NO4S. The van der Waals surface area contributed by atoms with Crippen LogP contribution in [0.5, 0.6) is 0 Å². The lowest BCUT2D eigenvalue weighted by Crippen LogP contribution is -2.51. The molecule has 5 nitrogen and oxygen atoms in total. The standard InChI is InChI=1S/C17H23NO4S/c1-13-2-4-14(5-3-13)17(7-9-22-10-8-17)16(19)18-15-6-11-23(20,21)12-15/h2-5,15H,6-12H2,1H3,(H,18,19). The molecule has 23 heavy (non-hydrogen) atoms. The molecule has 0 aliphatic carbocycles. The third-order valence-electron chi connectivity index (χ3n) is 4.95. The lowest BCUT2D eigenvalue weighted by Gasteiger charge is -2.37. The fourth-order valence-electron chi connectivity index (χ4n) is 3.47. The zero-order valence-electron chi connectivity index (χ0n) is 13.4. The highest BCUT2D eigenvalue weighted by atomic mass is 32.2. The van der Waals surface area contributed by atoms with E-state index in [0.29, 0.717) is 32.5 Å². The van der Waals surface area contributed by atoms with Crippen molar-refractivity contribution in [1.82, 2.24) is 5.32 Å². The van der Waals surface area contributed by atoms with E-state index in [1.54, 1.807) is 0 Å². The van der Waals surface area contributed by atoms with Crippen LogP contribution in [-0.4, -0.2) is 45.1 Å². The quantitative estimate of drug-likeness (QED) is 0.904. The van der Waals surface area contributed by atoms with E-state index in [2.05, 4.69) is 5.32 Å². The Morgan fingerprint density at radius 1 is 1.22 bits per heavy atom. The summed E-state index contributed by atoms with van der Waals surface area (Å²) >= 11 is 0. The van der Waals surface area contributed by atoms with Crippen LogP contribution < -0.4 is 5.32 Å². The van der Waals surface area contributed by atoms with Gasteiger partial charge in [-0.3, -0.25) is 4.79 Å². The molecule has 0 radical (unpaired) electrons. The van der Waals surface area contributed by atoms with Gasteiger partial charge in [0.15, 0.2) is 9.84 Å². The van der Waals surface area contributed by atoms with Crippen LogP contribution in [-0.2, 0) is 24.8 Å². The molecule has 2 saturated heterocycles. The van der Waals surface area contributed by atoms with Crippen LogP contribution in [0.1, 0.15) is 30.4 Å². The first kappa shape index (κ1) is 16.5. The third kappa shape index (κ3) is 3.43. The molecule has 1 N–H and O–H groups in total.